The van der Waals surface area contributed by atoms with Gasteiger partial charge in [0, 0.05) is 23.6 Å². The normalized spacial score (nSPS) is 21.7. The smallest absolute Gasteiger partial charge is 0.243 e. The first-order valence-corrected chi connectivity index (χ1v) is 8.07. The summed E-state index contributed by atoms with van der Waals surface area (Å²) in [7, 11) is 0.621. The minimum atomic E-state index is -3.35. The quantitative estimate of drug-likeness (QED) is 0.847. The minimum Gasteiger partial charge on any atom is -0.305 e. The van der Waals surface area contributed by atoms with Crippen molar-refractivity contribution < 1.29 is 8.42 Å². The Balaban J connectivity index is 2.23. The van der Waals surface area contributed by atoms with Gasteiger partial charge in [-0.2, -0.15) is 4.31 Å². The number of nitrogens with zero attached hydrogens (tertiary/aromatic N) is 2. The molecule has 1 aromatic carbocycles. The third kappa shape index (κ3) is 2.77. The summed E-state index contributed by atoms with van der Waals surface area (Å²) in [6.07, 6.45) is 0.889. The van der Waals surface area contributed by atoms with Crippen LogP contribution >= 0.6 is 15.9 Å². The lowest BCUT2D eigenvalue weighted by molar-refractivity contribution is 0.302. The molecule has 0 amide bonds. The van der Waals surface area contributed by atoms with E-state index in [2.05, 4.69) is 20.8 Å². The predicted octanol–water partition coefficient (Wildman–Crippen LogP) is 1.77. The second kappa shape index (κ2) is 5.28. The van der Waals surface area contributed by atoms with E-state index in [1.807, 2.05) is 20.2 Å². The lowest BCUT2D eigenvalue weighted by atomic mass is 10.2. The first-order chi connectivity index (χ1) is 8.41. The van der Waals surface area contributed by atoms with Crippen molar-refractivity contribution in [1.82, 2.24) is 9.21 Å². The third-order valence-electron chi connectivity index (χ3n) is 3.29. The second-order valence-corrected chi connectivity index (χ2v) is 7.58. The van der Waals surface area contributed by atoms with Crippen LogP contribution in [-0.2, 0) is 10.0 Å². The first-order valence-electron chi connectivity index (χ1n) is 5.83. The molecule has 0 aromatic heterocycles. The number of likely N-dealkylation sites (N-methyl/N-ethyl adjacent to an activating group) is 1. The van der Waals surface area contributed by atoms with Crippen LogP contribution in [0.25, 0.3) is 0 Å². The summed E-state index contributed by atoms with van der Waals surface area (Å²) in [5, 5.41) is 0. The molecular weight excluding hydrogens is 316 g/mol. The van der Waals surface area contributed by atoms with Crippen LogP contribution in [-0.4, -0.2) is 50.8 Å². The summed E-state index contributed by atoms with van der Waals surface area (Å²) in [6.45, 7) is 1.17. The molecule has 4 nitrogen and oxygen atoms in total. The van der Waals surface area contributed by atoms with Crippen LogP contribution in [0.5, 0.6) is 0 Å². The van der Waals surface area contributed by atoms with E-state index in [0.717, 1.165) is 10.9 Å². The molecule has 0 aliphatic carbocycles. The van der Waals surface area contributed by atoms with E-state index in [-0.39, 0.29) is 0 Å². The SMILES string of the molecule is CN(C)C1CCN(S(=O)(=O)c2cccc(Br)c2)C1. The maximum absolute atomic E-state index is 12.4. The number of sulfonamides is 1. The Morgan fingerprint density at radius 1 is 1.39 bits per heavy atom. The van der Waals surface area contributed by atoms with Crippen LogP contribution in [0.1, 0.15) is 6.42 Å². The van der Waals surface area contributed by atoms with E-state index in [4.69, 9.17) is 0 Å². The van der Waals surface area contributed by atoms with Gasteiger partial charge in [0.2, 0.25) is 10.0 Å². The van der Waals surface area contributed by atoms with Gasteiger partial charge in [-0.15, -0.1) is 0 Å². The Morgan fingerprint density at radius 2 is 2.11 bits per heavy atom. The van der Waals surface area contributed by atoms with Gasteiger partial charge in [0.1, 0.15) is 0 Å². The van der Waals surface area contributed by atoms with Gasteiger partial charge in [0.05, 0.1) is 4.90 Å². The molecule has 18 heavy (non-hydrogen) atoms. The van der Waals surface area contributed by atoms with Crippen molar-refractivity contribution in [2.75, 3.05) is 27.2 Å². The molecule has 2 rings (SSSR count). The molecule has 6 heteroatoms. The number of hydrogen-bond acceptors (Lipinski definition) is 3. The summed E-state index contributed by atoms with van der Waals surface area (Å²) >= 11 is 3.31. The zero-order valence-corrected chi connectivity index (χ0v) is 12.9. The van der Waals surface area contributed by atoms with Crippen molar-refractivity contribution in [2.24, 2.45) is 0 Å². The summed E-state index contributed by atoms with van der Waals surface area (Å²) < 4.78 is 27.2. The molecule has 0 bridgehead atoms. The molecule has 1 aromatic rings. The highest BCUT2D eigenvalue weighted by Gasteiger charge is 2.33. The largest absolute Gasteiger partial charge is 0.305 e. The summed E-state index contributed by atoms with van der Waals surface area (Å²) in [6, 6.07) is 7.18. The minimum absolute atomic E-state index is 0.312. The molecular formula is C12H17BrN2O2S. The van der Waals surface area contributed by atoms with Gasteiger partial charge in [0.25, 0.3) is 0 Å². The molecule has 1 heterocycles. The van der Waals surface area contributed by atoms with Crippen molar-refractivity contribution in [2.45, 2.75) is 17.4 Å². The molecule has 0 N–H and O–H groups in total. The Kier molecular flexibility index (Phi) is 4.11. The molecule has 1 saturated heterocycles. The van der Waals surface area contributed by atoms with Crippen molar-refractivity contribution in [3.8, 4) is 0 Å². The summed E-state index contributed by atoms with van der Waals surface area (Å²) in [5.74, 6) is 0. The lowest BCUT2D eigenvalue weighted by Gasteiger charge is -2.20. The molecule has 1 aliphatic heterocycles. The zero-order valence-electron chi connectivity index (χ0n) is 10.5. The van der Waals surface area contributed by atoms with E-state index < -0.39 is 10.0 Å². The molecule has 0 saturated carbocycles. The van der Waals surface area contributed by atoms with E-state index in [0.29, 0.717) is 24.0 Å². The van der Waals surface area contributed by atoms with Crippen molar-refractivity contribution in [3.05, 3.63) is 28.7 Å². The fraction of sp³-hybridized carbons (Fsp3) is 0.500. The Bertz CT molecular complexity index is 531. The van der Waals surface area contributed by atoms with Gasteiger partial charge in [-0.05, 0) is 38.7 Å². The Hall–Kier alpha value is -0.430. The highest BCUT2D eigenvalue weighted by Crippen LogP contribution is 2.24. The number of hydrogen-bond donors (Lipinski definition) is 0. The predicted molar refractivity (Wildman–Crippen MR) is 75.0 cm³/mol. The van der Waals surface area contributed by atoms with Crippen molar-refractivity contribution in [3.63, 3.8) is 0 Å². The average molecular weight is 333 g/mol. The highest BCUT2D eigenvalue weighted by molar-refractivity contribution is 9.10. The van der Waals surface area contributed by atoms with Crippen LogP contribution in [0.15, 0.2) is 33.6 Å². The molecule has 1 atom stereocenters. The maximum atomic E-state index is 12.4. The molecule has 1 fully saturated rings. The van der Waals surface area contributed by atoms with Crippen LogP contribution < -0.4 is 0 Å². The highest BCUT2D eigenvalue weighted by atomic mass is 79.9. The molecule has 1 unspecified atom stereocenters. The second-order valence-electron chi connectivity index (χ2n) is 4.73. The molecule has 0 radical (unpaired) electrons. The standard InChI is InChI=1S/C12H17BrN2O2S/c1-14(2)11-6-7-15(9-11)18(16,17)12-5-3-4-10(13)8-12/h3-5,8,11H,6-7,9H2,1-2H3. The maximum Gasteiger partial charge on any atom is 0.243 e. The van der Waals surface area contributed by atoms with Crippen molar-refractivity contribution >= 4 is 26.0 Å². The van der Waals surface area contributed by atoms with Crippen LogP contribution in [0.4, 0.5) is 0 Å². The van der Waals surface area contributed by atoms with Crippen LogP contribution in [0.2, 0.25) is 0 Å². The monoisotopic (exact) mass is 332 g/mol. The van der Waals surface area contributed by atoms with Gasteiger partial charge in [-0.1, -0.05) is 22.0 Å². The van der Waals surface area contributed by atoms with E-state index in [1.165, 1.54) is 0 Å². The average Bonchev–Trinajstić information content (AvgIpc) is 2.79. The number of rotatable bonds is 3. The van der Waals surface area contributed by atoms with Gasteiger partial charge in [0.15, 0.2) is 0 Å². The lowest BCUT2D eigenvalue weighted by Crippen LogP contribution is -2.34. The molecule has 0 spiro atoms. The first kappa shape index (κ1) is 14.0. The van der Waals surface area contributed by atoms with Gasteiger partial charge < -0.3 is 4.90 Å². The van der Waals surface area contributed by atoms with E-state index in [9.17, 15) is 8.42 Å². The summed E-state index contributed by atoms with van der Waals surface area (Å²) in [4.78, 5) is 2.44. The van der Waals surface area contributed by atoms with Crippen LogP contribution in [0.3, 0.4) is 0 Å². The Morgan fingerprint density at radius 3 is 2.67 bits per heavy atom. The van der Waals surface area contributed by atoms with Crippen molar-refractivity contribution in [1.29, 1.82) is 0 Å². The number of halogens is 1. The molecule has 100 valence electrons. The van der Waals surface area contributed by atoms with Gasteiger partial charge in [-0.25, -0.2) is 8.42 Å². The van der Waals surface area contributed by atoms with Gasteiger partial charge >= 0.3 is 0 Å². The summed E-state index contributed by atoms with van der Waals surface area (Å²) in [5.41, 5.74) is 0. The number of benzene rings is 1. The Labute approximate surface area is 117 Å². The molecule has 1 aliphatic rings. The van der Waals surface area contributed by atoms with Gasteiger partial charge in [-0.3, -0.25) is 0 Å². The fourth-order valence-corrected chi connectivity index (χ4v) is 4.22. The topological polar surface area (TPSA) is 40.6 Å². The van der Waals surface area contributed by atoms with Crippen LogP contribution in [0, 0.1) is 0 Å². The van der Waals surface area contributed by atoms with E-state index in [1.54, 1.807) is 22.5 Å². The van der Waals surface area contributed by atoms with E-state index >= 15 is 0 Å². The fourth-order valence-electron chi connectivity index (χ4n) is 2.13. The zero-order chi connectivity index (χ0) is 13.3. The third-order valence-corrected chi connectivity index (χ3v) is 5.64.